The lowest BCUT2D eigenvalue weighted by Crippen LogP contribution is -2.32. The molecule has 0 aromatic heterocycles. The van der Waals surface area contributed by atoms with Crippen LogP contribution in [0.5, 0.6) is 0 Å². The zero-order valence-electron chi connectivity index (χ0n) is 11.7. The molecule has 0 fully saturated rings. The van der Waals surface area contributed by atoms with E-state index in [2.05, 4.69) is 4.72 Å². The van der Waals surface area contributed by atoms with Crippen molar-refractivity contribution in [1.29, 1.82) is 0 Å². The lowest BCUT2D eigenvalue weighted by Gasteiger charge is -2.14. The highest BCUT2D eigenvalue weighted by molar-refractivity contribution is 7.90. The highest BCUT2D eigenvalue weighted by Crippen LogP contribution is 2.13. The van der Waals surface area contributed by atoms with Gasteiger partial charge in [-0.25, -0.2) is 13.1 Å². The van der Waals surface area contributed by atoms with Gasteiger partial charge in [-0.05, 0) is 12.5 Å². The number of benzene rings is 2. The Morgan fingerprint density at radius 3 is 2.10 bits per heavy atom. The number of ketones is 1. The van der Waals surface area contributed by atoms with Crippen molar-refractivity contribution in [2.45, 2.75) is 13.0 Å². The number of nitrogens with one attached hydrogen (secondary N) is 1. The summed E-state index contributed by atoms with van der Waals surface area (Å²) in [6, 6.07) is 17.3. The van der Waals surface area contributed by atoms with Crippen molar-refractivity contribution in [2.75, 3.05) is 5.75 Å². The molecule has 2 rings (SSSR count). The largest absolute Gasteiger partial charge is 0.293 e. The van der Waals surface area contributed by atoms with Gasteiger partial charge < -0.3 is 0 Å². The second-order valence-corrected chi connectivity index (χ2v) is 6.55. The molecule has 2 aromatic carbocycles. The maximum atomic E-state index is 12.1. The number of sulfonamides is 1. The maximum Gasteiger partial charge on any atom is 0.219 e. The van der Waals surface area contributed by atoms with Crippen LogP contribution in [0.15, 0.2) is 60.7 Å². The lowest BCUT2D eigenvalue weighted by molar-refractivity contribution is 0.102. The molecule has 1 atom stereocenters. The summed E-state index contributed by atoms with van der Waals surface area (Å²) in [5.41, 5.74) is 1.25. The molecule has 110 valence electrons. The van der Waals surface area contributed by atoms with E-state index in [1.54, 1.807) is 37.3 Å². The van der Waals surface area contributed by atoms with Crippen LogP contribution in [0.4, 0.5) is 0 Å². The first kappa shape index (κ1) is 15.4. The average Bonchev–Trinajstić information content (AvgIpc) is 2.48. The predicted octanol–water partition coefficient (Wildman–Crippen LogP) is 2.55. The fraction of sp³-hybridized carbons (Fsp3) is 0.188. The summed E-state index contributed by atoms with van der Waals surface area (Å²) in [6.07, 6.45) is 0. The Hall–Kier alpha value is -1.98. The quantitative estimate of drug-likeness (QED) is 0.834. The molecule has 21 heavy (non-hydrogen) atoms. The van der Waals surface area contributed by atoms with Crippen LogP contribution in [0.3, 0.4) is 0 Å². The molecule has 5 heteroatoms. The lowest BCUT2D eigenvalue weighted by atomic mass is 10.1. The number of rotatable bonds is 6. The molecule has 0 aliphatic carbocycles. The van der Waals surface area contributed by atoms with Crippen LogP contribution in [0, 0.1) is 0 Å². The molecule has 0 amide bonds. The summed E-state index contributed by atoms with van der Waals surface area (Å²) >= 11 is 0. The van der Waals surface area contributed by atoms with Crippen molar-refractivity contribution in [2.24, 2.45) is 0 Å². The second-order valence-electron chi connectivity index (χ2n) is 4.80. The third kappa shape index (κ3) is 4.51. The molecule has 2 aromatic rings. The van der Waals surface area contributed by atoms with E-state index >= 15 is 0 Å². The summed E-state index contributed by atoms with van der Waals surface area (Å²) in [5.74, 6) is -0.961. The van der Waals surface area contributed by atoms with Gasteiger partial charge in [0.15, 0.2) is 5.78 Å². The summed E-state index contributed by atoms with van der Waals surface area (Å²) in [7, 11) is -3.68. The van der Waals surface area contributed by atoms with Crippen LogP contribution in [0.1, 0.15) is 28.9 Å². The monoisotopic (exact) mass is 303 g/mol. The van der Waals surface area contributed by atoms with Crippen LogP contribution in [0.2, 0.25) is 0 Å². The first-order chi connectivity index (χ1) is 9.98. The van der Waals surface area contributed by atoms with E-state index < -0.39 is 21.6 Å². The Balaban J connectivity index is 2.04. The van der Waals surface area contributed by atoms with Crippen molar-refractivity contribution in [3.63, 3.8) is 0 Å². The average molecular weight is 303 g/mol. The Bertz CT molecular complexity index is 697. The minimum absolute atomic E-state index is 0.375. The van der Waals surface area contributed by atoms with Crippen molar-refractivity contribution in [3.05, 3.63) is 71.8 Å². The molecule has 4 nitrogen and oxygen atoms in total. The van der Waals surface area contributed by atoms with Gasteiger partial charge in [0, 0.05) is 11.6 Å². The zero-order chi connectivity index (χ0) is 15.3. The minimum Gasteiger partial charge on any atom is -0.293 e. The van der Waals surface area contributed by atoms with Crippen LogP contribution in [0.25, 0.3) is 0 Å². The van der Waals surface area contributed by atoms with Gasteiger partial charge in [-0.2, -0.15) is 0 Å². The highest BCUT2D eigenvalue weighted by Gasteiger charge is 2.20. The van der Waals surface area contributed by atoms with Gasteiger partial charge in [-0.1, -0.05) is 60.7 Å². The molecule has 0 heterocycles. The van der Waals surface area contributed by atoms with Crippen LogP contribution in [-0.4, -0.2) is 20.0 Å². The molecule has 0 aliphatic rings. The first-order valence-corrected chi connectivity index (χ1v) is 8.26. The SMILES string of the molecule is C[C@@H](NS(=O)(=O)CC(=O)c1ccccc1)c1ccccc1. The third-order valence-corrected chi connectivity index (χ3v) is 4.43. The highest BCUT2D eigenvalue weighted by atomic mass is 32.2. The van der Waals surface area contributed by atoms with Gasteiger partial charge in [0.1, 0.15) is 5.75 Å². The number of Topliss-reactive ketones (excluding diaryl/α,β-unsaturated/α-hetero) is 1. The number of hydrogen-bond donors (Lipinski definition) is 1. The van der Waals surface area contributed by atoms with E-state index in [1.165, 1.54) is 0 Å². The molecule has 0 spiro atoms. The van der Waals surface area contributed by atoms with Gasteiger partial charge in [-0.3, -0.25) is 4.79 Å². The maximum absolute atomic E-state index is 12.1. The van der Waals surface area contributed by atoms with E-state index in [0.29, 0.717) is 5.56 Å². The van der Waals surface area contributed by atoms with Crippen LogP contribution >= 0.6 is 0 Å². The summed E-state index contributed by atoms with van der Waals surface area (Å²) in [6.45, 7) is 1.75. The summed E-state index contributed by atoms with van der Waals surface area (Å²) < 4.78 is 26.7. The standard InChI is InChI=1S/C16H17NO3S/c1-13(14-8-4-2-5-9-14)17-21(19,20)12-16(18)15-10-6-3-7-11-15/h2-11,13,17H,12H2,1H3/t13-/m1/s1. The van der Waals surface area contributed by atoms with Crippen molar-refractivity contribution in [3.8, 4) is 0 Å². The fourth-order valence-electron chi connectivity index (χ4n) is 2.00. The van der Waals surface area contributed by atoms with E-state index in [4.69, 9.17) is 0 Å². The van der Waals surface area contributed by atoms with Gasteiger partial charge in [0.05, 0.1) is 0 Å². The Morgan fingerprint density at radius 1 is 1.00 bits per heavy atom. The molecule has 0 saturated heterocycles. The molecule has 0 radical (unpaired) electrons. The molecule has 0 bridgehead atoms. The Morgan fingerprint density at radius 2 is 1.52 bits per heavy atom. The van der Waals surface area contributed by atoms with Gasteiger partial charge in [0.25, 0.3) is 0 Å². The Labute approximate surface area is 124 Å². The topological polar surface area (TPSA) is 63.2 Å². The molecule has 1 N–H and O–H groups in total. The van der Waals surface area contributed by atoms with Crippen molar-refractivity contribution in [1.82, 2.24) is 4.72 Å². The van der Waals surface area contributed by atoms with E-state index in [1.807, 2.05) is 30.3 Å². The van der Waals surface area contributed by atoms with E-state index in [0.717, 1.165) is 5.56 Å². The number of hydrogen-bond acceptors (Lipinski definition) is 3. The van der Waals surface area contributed by atoms with Crippen LogP contribution in [-0.2, 0) is 10.0 Å². The van der Waals surface area contributed by atoms with Crippen molar-refractivity contribution >= 4 is 15.8 Å². The van der Waals surface area contributed by atoms with Crippen molar-refractivity contribution < 1.29 is 13.2 Å². The molecule has 0 saturated carbocycles. The molecule has 0 aliphatic heterocycles. The van der Waals surface area contributed by atoms with Gasteiger partial charge in [-0.15, -0.1) is 0 Å². The number of carbonyl (C=O) groups is 1. The smallest absolute Gasteiger partial charge is 0.219 e. The van der Waals surface area contributed by atoms with Crippen LogP contribution < -0.4 is 4.72 Å². The van der Waals surface area contributed by atoms with E-state index in [9.17, 15) is 13.2 Å². The number of carbonyl (C=O) groups excluding carboxylic acids is 1. The van der Waals surface area contributed by atoms with E-state index in [-0.39, 0.29) is 6.04 Å². The predicted molar refractivity (Wildman–Crippen MR) is 82.6 cm³/mol. The normalized spacial score (nSPS) is 12.8. The second kappa shape index (κ2) is 6.65. The summed E-state index contributed by atoms with van der Waals surface area (Å²) in [4.78, 5) is 12.0. The molecule has 0 unspecified atom stereocenters. The molecular formula is C16H17NO3S. The Kier molecular flexibility index (Phi) is 4.88. The van der Waals surface area contributed by atoms with Gasteiger partial charge in [0.2, 0.25) is 10.0 Å². The first-order valence-electron chi connectivity index (χ1n) is 6.61. The molecular weight excluding hydrogens is 286 g/mol. The third-order valence-electron chi connectivity index (χ3n) is 3.07. The minimum atomic E-state index is -3.68. The summed E-state index contributed by atoms with van der Waals surface area (Å²) in [5, 5.41) is 0. The van der Waals surface area contributed by atoms with Gasteiger partial charge >= 0.3 is 0 Å². The fourth-order valence-corrected chi connectivity index (χ4v) is 3.27. The zero-order valence-corrected chi connectivity index (χ0v) is 12.5.